The van der Waals surface area contributed by atoms with Gasteiger partial charge in [-0.1, -0.05) is 37.3 Å². The van der Waals surface area contributed by atoms with Crippen LogP contribution in [0.1, 0.15) is 35.9 Å². The van der Waals surface area contributed by atoms with Crippen LogP contribution in [-0.2, 0) is 11.2 Å². The fourth-order valence-electron chi connectivity index (χ4n) is 2.29. The minimum Gasteiger partial charge on any atom is -0.358 e. The van der Waals surface area contributed by atoms with Crippen LogP contribution in [0.3, 0.4) is 0 Å². The Bertz CT molecular complexity index is 563. The molecular weight excluding hydrogens is 280 g/mol. The molecule has 0 saturated heterocycles. The third-order valence-electron chi connectivity index (χ3n) is 3.61. The van der Waals surface area contributed by atoms with Crippen LogP contribution in [0.25, 0.3) is 0 Å². The molecule has 1 heterocycles. The summed E-state index contributed by atoms with van der Waals surface area (Å²) in [5.41, 5.74) is 2.51. The van der Waals surface area contributed by atoms with Crippen LogP contribution in [0.2, 0.25) is 0 Å². The molecule has 0 aliphatic rings. The lowest BCUT2D eigenvalue weighted by atomic mass is 10.0. The monoisotopic (exact) mass is 302 g/mol. The molecule has 1 aromatic heterocycles. The molecule has 0 aliphatic carbocycles. The largest absolute Gasteiger partial charge is 0.358 e. The van der Waals surface area contributed by atoms with Crippen LogP contribution in [0.5, 0.6) is 0 Å². The molecule has 0 bridgehead atoms. The SMILES string of the molecule is CCc1ccc([C@@H](N[C@H](C)C(=O)NC)c2cccs2)cc1. The van der Waals surface area contributed by atoms with Gasteiger partial charge in [0, 0.05) is 11.9 Å². The summed E-state index contributed by atoms with van der Waals surface area (Å²) in [4.78, 5) is 13.0. The molecule has 1 aromatic carbocycles. The van der Waals surface area contributed by atoms with Gasteiger partial charge in [-0.3, -0.25) is 10.1 Å². The predicted octanol–water partition coefficient (Wildman–Crippen LogP) is 3.12. The molecule has 0 unspecified atom stereocenters. The molecule has 2 N–H and O–H groups in total. The number of nitrogens with one attached hydrogen (secondary N) is 2. The molecule has 4 heteroatoms. The van der Waals surface area contributed by atoms with Crippen LogP contribution in [0.15, 0.2) is 41.8 Å². The Balaban J connectivity index is 2.25. The minimum absolute atomic E-state index is 0.00161. The van der Waals surface area contributed by atoms with Gasteiger partial charge in [-0.2, -0.15) is 0 Å². The van der Waals surface area contributed by atoms with Gasteiger partial charge in [0.15, 0.2) is 0 Å². The third kappa shape index (κ3) is 3.93. The molecule has 0 radical (unpaired) electrons. The van der Waals surface area contributed by atoms with E-state index in [1.165, 1.54) is 16.0 Å². The normalized spacial score (nSPS) is 13.7. The van der Waals surface area contributed by atoms with Crippen molar-refractivity contribution in [2.24, 2.45) is 0 Å². The van der Waals surface area contributed by atoms with Crippen LogP contribution in [0.4, 0.5) is 0 Å². The van der Waals surface area contributed by atoms with Crippen molar-refractivity contribution in [3.05, 3.63) is 57.8 Å². The van der Waals surface area contributed by atoms with Crippen molar-refractivity contribution in [1.82, 2.24) is 10.6 Å². The van der Waals surface area contributed by atoms with Gasteiger partial charge in [-0.05, 0) is 35.9 Å². The summed E-state index contributed by atoms with van der Waals surface area (Å²) in [5.74, 6) is 0.00161. The lowest BCUT2D eigenvalue weighted by Gasteiger charge is -2.22. The second kappa shape index (κ2) is 7.38. The fraction of sp³-hybridized carbons (Fsp3) is 0.353. The molecule has 0 spiro atoms. The number of aryl methyl sites for hydroxylation is 1. The summed E-state index contributed by atoms with van der Waals surface area (Å²) in [6.07, 6.45) is 1.03. The zero-order valence-electron chi connectivity index (χ0n) is 12.7. The predicted molar refractivity (Wildman–Crippen MR) is 88.6 cm³/mol. The molecule has 0 aliphatic heterocycles. The smallest absolute Gasteiger partial charge is 0.236 e. The fourth-order valence-corrected chi connectivity index (χ4v) is 3.10. The van der Waals surface area contributed by atoms with Crippen molar-refractivity contribution in [2.75, 3.05) is 7.05 Å². The quantitative estimate of drug-likeness (QED) is 0.861. The van der Waals surface area contributed by atoms with E-state index in [-0.39, 0.29) is 18.0 Å². The van der Waals surface area contributed by atoms with E-state index in [1.54, 1.807) is 18.4 Å². The maximum Gasteiger partial charge on any atom is 0.236 e. The number of hydrogen-bond acceptors (Lipinski definition) is 3. The number of carbonyl (C=O) groups excluding carboxylic acids is 1. The van der Waals surface area contributed by atoms with Crippen LogP contribution in [-0.4, -0.2) is 19.0 Å². The number of thiophene rings is 1. The first-order chi connectivity index (χ1) is 10.2. The van der Waals surface area contributed by atoms with Gasteiger partial charge in [0.25, 0.3) is 0 Å². The highest BCUT2D eigenvalue weighted by Crippen LogP contribution is 2.27. The second-order valence-corrected chi connectivity index (χ2v) is 6.03. The van der Waals surface area contributed by atoms with E-state index in [0.29, 0.717) is 0 Å². The van der Waals surface area contributed by atoms with Crippen LogP contribution >= 0.6 is 11.3 Å². The first-order valence-electron chi connectivity index (χ1n) is 7.25. The molecule has 2 atom stereocenters. The number of rotatable bonds is 6. The van der Waals surface area contributed by atoms with Crippen molar-refractivity contribution in [2.45, 2.75) is 32.4 Å². The summed E-state index contributed by atoms with van der Waals surface area (Å²) in [6, 6.07) is 12.5. The Morgan fingerprint density at radius 1 is 1.24 bits per heavy atom. The maximum atomic E-state index is 11.8. The summed E-state index contributed by atoms with van der Waals surface area (Å²) in [7, 11) is 1.66. The summed E-state index contributed by atoms with van der Waals surface area (Å²) >= 11 is 1.70. The summed E-state index contributed by atoms with van der Waals surface area (Å²) < 4.78 is 0. The molecular formula is C17H22N2OS. The molecule has 112 valence electrons. The number of benzene rings is 1. The lowest BCUT2D eigenvalue weighted by Crippen LogP contribution is -2.42. The lowest BCUT2D eigenvalue weighted by molar-refractivity contribution is -0.122. The van der Waals surface area contributed by atoms with Crippen molar-refractivity contribution in [3.63, 3.8) is 0 Å². The topological polar surface area (TPSA) is 41.1 Å². The number of carbonyl (C=O) groups is 1. The first-order valence-corrected chi connectivity index (χ1v) is 8.13. The Morgan fingerprint density at radius 2 is 1.95 bits per heavy atom. The van der Waals surface area contributed by atoms with Gasteiger partial charge >= 0.3 is 0 Å². The third-order valence-corrected chi connectivity index (χ3v) is 4.54. The first kappa shape index (κ1) is 15.7. The molecule has 0 fully saturated rings. The van der Waals surface area contributed by atoms with E-state index >= 15 is 0 Å². The van der Waals surface area contributed by atoms with Crippen LogP contribution < -0.4 is 10.6 Å². The molecule has 3 nitrogen and oxygen atoms in total. The van der Waals surface area contributed by atoms with E-state index in [0.717, 1.165) is 6.42 Å². The number of hydrogen-bond donors (Lipinski definition) is 2. The van der Waals surface area contributed by atoms with E-state index in [4.69, 9.17) is 0 Å². The van der Waals surface area contributed by atoms with Gasteiger partial charge in [0.2, 0.25) is 5.91 Å². The van der Waals surface area contributed by atoms with Crippen molar-refractivity contribution >= 4 is 17.2 Å². The van der Waals surface area contributed by atoms with Crippen molar-refractivity contribution in [3.8, 4) is 0 Å². The zero-order valence-corrected chi connectivity index (χ0v) is 13.5. The Hall–Kier alpha value is -1.65. The van der Waals surface area contributed by atoms with Gasteiger partial charge in [0.1, 0.15) is 0 Å². The van der Waals surface area contributed by atoms with Gasteiger partial charge in [-0.25, -0.2) is 0 Å². The van der Waals surface area contributed by atoms with Gasteiger partial charge in [-0.15, -0.1) is 11.3 Å². The van der Waals surface area contributed by atoms with E-state index in [2.05, 4.69) is 53.3 Å². The highest BCUT2D eigenvalue weighted by atomic mass is 32.1. The van der Waals surface area contributed by atoms with E-state index < -0.39 is 0 Å². The average molecular weight is 302 g/mol. The summed E-state index contributed by atoms with van der Waals surface area (Å²) in [6.45, 7) is 4.04. The second-order valence-electron chi connectivity index (χ2n) is 5.05. The highest BCUT2D eigenvalue weighted by molar-refractivity contribution is 7.10. The molecule has 0 saturated carbocycles. The van der Waals surface area contributed by atoms with Crippen LogP contribution in [0, 0.1) is 0 Å². The van der Waals surface area contributed by atoms with Crippen molar-refractivity contribution in [1.29, 1.82) is 0 Å². The Labute approximate surface area is 130 Å². The van der Waals surface area contributed by atoms with E-state index in [9.17, 15) is 4.79 Å². The maximum absolute atomic E-state index is 11.8. The molecule has 1 amide bonds. The Kier molecular flexibility index (Phi) is 5.53. The number of likely N-dealkylation sites (N-methyl/N-ethyl adjacent to an activating group) is 1. The Morgan fingerprint density at radius 3 is 2.48 bits per heavy atom. The molecule has 2 rings (SSSR count). The standard InChI is InChI=1S/C17H22N2OS/c1-4-13-7-9-14(10-8-13)16(15-6-5-11-21-15)19-12(2)17(20)18-3/h5-12,16,19H,4H2,1-3H3,(H,18,20)/t12-,16-/m1/s1. The van der Waals surface area contributed by atoms with Gasteiger partial charge < -0.3 is 5.32 Å². The zero-order chi connectivity index (χ0) is 15.2. The van der Waals surface area contributed by atoms with Crippen molar-refractivity contribution < 1.29 is 4.79 Å². The molecule has 21 heavy (non-hydrogen) atoms. The highest BCUT2D eigenvalue weighted by Gasteiger charge is 2.20. The molecule has 2 aromatic rings. The summed E-state index contributed by atoms with van der Waals surface area (Å²) in [5, 5.41) is 8.17. The average Bonchev–Trinajstić information content (AvgIpc) is 3.05. The van der Waals surface area contributed by atoms with Gasteiger partial charge in [0.05, 0.1) is 12.1 Å². The number of amides is 1. The minimum atomic E-state index is -0.243. The van der Waals surface area contributed by atoms with E-state index in [1.807, 2.05) is 13.0 Å².